The highest BCUT2D eigenvalue weighted by atomic mass is 19.1. The number of nitrogens with zero attached hydrogens (tertiary/aromatic N) is 3. The lowest BCUT2D eigenvalue weighted by atomic mass is 9.88. The SMILES string of the molecule is [2H][C@@H](c1ccc(-c2ccc3c(cnn3C)c2)cc1F)N(C(=O)C1CCCCC1)c1cccc(/C=C/C(C)=O)c1. The van der Waals surface area contributed by atoms with Crippen LogP contribution in [0.5, 0.6) is 0 Å². The third-order valence-corrected chi connectivity index (χ3v) is 7.20. The van der Waals surface area contributed by atoms with Crippen LogP contribution in [-0.4, -0.2) is 21.5 Å². The van der Waals surface area contributed by atoms with Crippen LogP contribution in [0.15, 0.2) is 72.9 Å². The highest BCUT2D eigenvalue weighted by Crippen LogP contribution is 2.31. The Morgan fingerprint density at radius 3 is 2.61 bits per heavy atom. The van der Waals surface area contributed by atoms with Gasteiger partial charge in [0.2, 0.25) is 5.91 Å². The molecule has 1 fully saturated rings. The Bertz CT molecular complexity index is 1550. The van der Waals surface area contributed by atoms with Gasteiger partial charge in [-0.2, -0.15) is 5.10 Å². The number of rotatable bonds is 7. The zero-order chi connectivity index (χ0) is 27.5. The second-order valence-corrected chi connectivity index (χ2v) is 9.99. The molecule has 1 saturated carbocycles. The third kappa shape index (κ3) is 5.59. The summed E-state index contributed by atoms with van der Waals surface area (Å²) in [7, 11) is 1.88. The molecule has 0 bridgehead atoms. The highest BCUT2D eigenvalue weighted by Gasteiger charge is 2.28. The first kappa shape index (κ1) is 24.3. The Balaban J connectivity index is 1.50. The molecule has 38 heavy (non-hydrogen) atoms. The summed E-state index contributed by atoms with van der Waals surface area (Å²) in [5.74, 6) is -0.976. The van der Waals surface area contributed by atoms with Gasteiger partial charge < -0.3 is 4.90 Å². The molecular formula is C32H32FN3O2. The zero-order valence-electron chi connectivity index (χ0n) is 22.7. The maximum atomic E-state index is 15.7. The first-order chi connectivity index (χ1) is 18.8. The molecule has 1 atom stereocenters. The standard InChI is InChI=1S/C32H32FN3O2/c1-22(37)11-12-23-7-6-10-29(17-23)36(32(38)24-8-4-3-5-9-24)21-27-14-13-26(19-30(27)33)25-15-16-31-28(18-25)20-34-35(31)2/h6-7,10-20,24H,3-5,8-9,21H2,1-2H3/b12-11+/i21D/t21-/m0/s1. The number of ketones is 1. The van der Waals surface area contributed by atoms with Crippen LogP contribution in [0.25, 0.3) is 28.1 Å². The minimum absolute atomic E-state index is 0.0845. The molecule has 0 aliphatic heterocycles. The lowest BCUT2D eigenvalue weighted by Crippen LogP contribution is -2.37. The molecule has 1 aliphatic rings. The fraction of sp³-hybridized carbons (Fsp3) is 0.281. The summed E-state index contributed by atoms with van der Waals surface area (Å²) in [6.45, 7) is 0.210. The number of fused-ring (bicyclic) bond motifs is 1. The zero-order valence-corrected chi connectivity index (χ0v) is 21.7. The number of carbonyl (C=O) groups is 2. The average molecular weight is 511 g/mol. The molecule has 0 radical (unpaired) electrons. The number of aryl methyl sites for hydroxylation is 1. The summed E-state index contributed by atoms with van der Waals surface area (Å²) < 4.78 is 26.5. The van der Waals surface area contributed by atoms with Crippen molar-refractivity contribution in [1.29, 1.82) is 0 Å². The van der Waals surface area contributed by atoms with E-state index < -0.39 is 12.3 Å². The van der Waals surface area contributed by atoms with Gasteiger partial charge in [0.25, 0.3) is 0 Å². The number of anilines is 1. The number of amides is 1. The Kier molecular flexibility index (Phi) is 7.12. The second-order valence-electron chi connectivity index (χ2n) is 9.99. The minimum atomic E-state index is -1.26. The van der Waals surface area contributed by atoms with Gasteiger partial charge in [0.05, 0.1) is 19.6 Å². The van der Waals surface area contributed by atoms with Gasteiger partial charge in [-0.25, -0.2) is 4.39 Å². The molecule has 1 heterocycles. The van der Waals surface area contributed by atoms with Crippen molar-refractivity contribution in [2.45, 2.75) is 45.5 Å². The van der Waals surface area contributed by atoms with E-state index in [1.807, 2.05) is 31.3 Å². The summed E-state index contributed by atoms with van der Waals surface area (Å²) in [4.78, 5) is 26.7. The molecule has 0 saturated heterocycles. The molecule has 194 valence electrons. The maximum Gasteiger partial charge on any atom is 0.230 e. The van der Waals surface area contributed by atoms with E-state index in [-0.39, 0.29) is 23.2 Å². The van der Waals surface area contributed by atoms with E-state index >= 15 is 4.39 Å². The number of aromatic nitrogens is 2. The Morgan fingerprint density at radius 1 is 1.08 bits per heavy atom. The monoisotopic (exact) mass is 510 g/mol. The van der Waals surface area contributed by atoms with E-state index in [2.05, 4.69) is 5.10 Å². The first-order valence-electron chi connectivity index (χ1n) is 13.6. The molecule has 4 aromatic rings. The molecule has 1 aliphatic carbocycles. The van der Waals surface area contributed by atoms with Gasteiger partial charge >= 0.3 is 0 Å². The van der Waals surface area contributed by atoms with Crippen molar-refractivity contribution in [3.8, 4) is 11.1 Å². The fourth-order valence-electron chi connectivity index (χ4n) is 5.10. The molecule has 5 nitrogen and oxygen atoms in total. The minimum Gasteiger partial charge on any atom is -0.308 e. The summed E-state index contributed by atoms with van der Waals surface area (Å²) >= 11 is 0. The molecule has 0 spiro atoms. The largest absolute Gasteiger partial charge is 0.308 e. The number of hydrogen-bond donors (Lipinski definition) is 0. The Hall–Kier alpha value is -4.06. The van der Waals surface area contributed by atoms with E-state index in [1.54, 1.807) is 47.3 Å². The van der Waals surface area contributed by atoms with Gasteiger partial charge in [0, 0.05) is 29.6 Å². The van der Waals surface area contributed by atoms with Crippen LogP contribution in [0.3, 0.4) is 0 Å². The molecule has 1 amide bonds. The topological polar surface area (TPSA) is 55.2 Å². The lowest BCUT2D eigenvalue weighted by molar-refractivity contribution is -0.123. The number of halogens is 1. The van der Waals surface area contributed by atoms with Crippen molar-refractivity contribution in [2.24, 2.45) is 13.0 Å². The first-order valence-corrected chi connectivity index (χ1v) is 13.1. The molecule has 0 unspecified atom stereocenters. The number of benzene rings is 3. The lowest BCUT2D eigenvalue weighted by Gasteiger charge is -2.30. The number of carbonyl (C=O) groups excluding carboxylic acids is 2. The van der Waals surface area contributed by atoms with Crippen molar-refractivity contribution in [3.05, 3.63) is 89.9 Å². The van der Waals surface area contributed by atoms with Crippen LogP contribution in [0, 0.1) is 11.7 Å². The Morgan fingerprint density at radius 2 is 1.84 bits per heavy atom. The normalized spacial score (nSPS) is 15.5. The van der Waals surface area contributed by atoms with E-state index in [1.165, 1.54) is 24.0 Å². The van der Waals surface area contributed by atoms with E-state index in [4.69, 9.17) is 1.37 Å². The second kappa shape index (κ2) is 11.1. The van der Waals surface area contributed by atoms with Crippen molar-refractivity contribution in [3.63, 3.8) is 0 Å². The maximum absolute atomic E-state index is 15.7. The van der Waals surface area contributed by atoms with E-state index in [0.29, 0.717) is 11.3 Å². The highest BCUT2D eigenvalue weighted by molar-refractivity contribution is 5.96. The van der Waals surface area contributed by atoms with Gasteiger partial charge in [-0.05, 0) is 72.9 Å². The van der Waals surface area contributed by atoms with Crippen LogP contribution in [-0.2, 0) is 23.2 Å². The van der Waals surface area contributed by atoms with E-state index in [9.17, 15) is 9.59 Å². The van der Waals surface area contributed by atoms with Gasteiger partial charge in [-0.3, -0.25) is 14.3 Å². The van der Waals surface area contributed by atoms with Crippen LogP contribution in [0.4, 0.5) is 10.1 Å². The summed E-state index contributed by atoms with van der Waals surface area (Å²) in [5, 5.41) is 5.23. The summed E-state index contributed by atoms with van der Waals surface area (Å²) in [6, 6.07) is 17.8. The van der Waals surface area contributed by atoms with Gasteiger partial charge in [0.15, 0.2) is 5.78 Å². The molecule has 6 heteroatoms. The van der Waals surface area contributed by atoms with Gasteiger partial charge in [0.1, 0.15) is 5.82 Å². The predicted molar refractivity (Wildman–Crippen MR) is 150 cm³/mol. The Labute approximate surface area is 224 Å². The molecule has 3 aromatic carbocycles. The molecule has 0 N–H and O–H groups in total. The van der Waals surface area contributed by atoms with Crippen LogP contribution >= 0.6 is 0 Å². The number of allylic oxidation sites excluding steroid dienone is 1. The smallest absolute Gasteiger partial charge is 0.230 e. The van der Waals surface area contributed by atoms with Crippen LogP contribution in [0.1, 0.15) is 51.5 Å². The van der Waals surface area contributed by atoms with Crippen molar-refractivity contribution >= 4 is 34.4 Å². The van der Waals surface area contributed by atoms with Gasteiger partial charge in [-0.15, -0.1) is 0 Å². The quantitative estimate of drug-likeness (QED) is 0.249. The van der Waals surface area contributed by atoms with Crippen LogP contribution in [0.2, 0.25) is 0 Å². The number of hydrogen-bond acceptors (Lipinski definition) is 3. The molecular weight excluding hydrogens is 477 g/mol. The van der Waals surface area contributed by atoms with Crippen LogP contribution < -0.4 is 4.90 Å². The third-order valence-electron chi connectivity index (χ3n) is 7.20. The summed E-state index contributed by atoms with van der Waals surface area (Å²) in [5.41, 5.74) is 3.91. The van der Waals surface area contributed by atoms with Crippen molar-refractivity contribution in [1.82, 2.24) is 9.78 Å². The summed E-state index contributed by atoms with van der Waals surface area (Å²) in [6.07, 6.45) is 9.50. The van der Waals surface area contributed by atoms with Crippen molar-refractivity contribution < 1.29 is 15.4 Å². The predicted octanol–water partition coefficient (Wildman–Crippen LogP) is 7.10. The van der Waals surface area contributed by atoms with Gasteiger partial charge in [-0.1, -0.05) is 55.7 Å². The molecule has 5 rings (SSSR count). The molecule has 1 aromatic heterocycles. The average Bonchev–Trinajstić information content (AvgIpc) is 3.32. The van der Waals surface area contributed by atoms with E-state index in [0.717, 1.165) is 54.1 Å². The van der Waals surface area contributed by atoms with Crippen molar-refractivity contribution in [2.75, 3.05) is 4.90 Å². The fourth-order valence-corrected chi connectivity index (χ4v) is 5.10.